The first-order valence-corrected chi connectivity index (χ1v) is 11.2. The number of nitrogens with two attached hydrogens (primary N) is 4. The molecule has 8 N–H and O–H groups in total. The van der Waals surface area contributed by atoms with E-state index in [1.807, 2.05) is 57.2 Å². The maximum atomic E-state index is 5.90. The van der Waals surface area contributed by atoms with Crippen molar-refractivity contribution in [1.82, 2.24) is 9.97 Å². The van der Waals surface area contributed by atoms with E-state index in [-0.39, 0.29) is 11.9 Å². The van der Waals surface area contributed by atoms with E-state index in [0.29, 0.717) is 21.8 Å². The lowest BCUT2D eigenvalue weighted by Gasteiger charge is -2.38. The minimum atomic E-state index is -0.566. The predicted octanol–water partition coefficient (Wildman–Crippen LogP) is 4.05. The molecular formula is C23H27Cl2N9. The van der Waals surface area contributed by atoms with Crippen LogP contribution in [0, 0.1) is 0 Å². The van der Waals surface area contributed by atoms with Gasteiger partial charge in [0.1, 0.15) is 11.5 Å². The molecule has 0 unspecified atom stereocenters. The number of halogens is 2. The van der Waals surface area contributed by atoms with Crippen molar-refractivity contribution in [1.29, 1.82) is 0 Å². The molecule has 0 amide bonds. The summed E-state index contributed by atoms with van der Waals surface area (Å²) in [5.74, 6) is 1.12. The zero-order valence-electron chi connectivity index (χ0n) is 19.1. The summed E-state index contributed by atoms with van der Waals surface area (Å²) in [6.07, 6.45) is 0.745. The van der Waals surface area contributed by atoms with Crippen molar-refractivity contribution >= 4 is 52.6 Å². The standard InChI is InChI=1S/C12H13ClN4.C11H14ClN5/c1-2-9-10(11(14)17-12(15)16-9)7-3-5-8(13)6-4-7;1-11(2)16-9(13)15-10(14)17(11)8-5-3-7(12)4-6-8/h3-6H,2H2,1H3,(H4,14,15,16,17);3-6H,1-2H3,(H4,13,14,15,16). The van der Waals surface area contributed by atoms with Crippen LogP contribution in [-0.2, 0) is 6.42 Å². The highest BCUT2D eigenvalue weighted by Crippen LogP contribution is 2.30. The average molecular weight is 500 g/mol. The fourth-order valence-electron chi connectivity index (χ4n) is 3.57. The maximum absolute atomic E-state index is 5.90. The average Bonchev–Trinajstić information content (AvgIpc) is 2.74. The van der Waals surface area contributed by atoms with Gasteiger partial charge in [-0.3, -0.25) is 4.90 Å². The molecule has 0 atom stereocenters. The first kappa shape index (κ1) is 25.1. The molecule has 11 heteroatoms. The highest BCUT2D eigenvalue weighted by atomic mass is 35.5. The quantitative estimate of drug-likeness (QED) is 0.422. The SMILES string of the molecule is CC1(C)N=C(N)N=C(N)N1c1ccc(Cl)cc1.CCc1nc(N)nc(N)c1-c1ccc(Cl)cc1. The summed E-state index contributed by atoms with van der Waals surface area (Å²) in [7, 11) is 0. The van der Waals surface area contributed by atoms with Crippen LogP contribution in [0.4, 0.5) is 17.5 Å². The number of hydrogen-bond donors (Lipinski definition) is 4. The Morgan fingerprint density at radius 2 is 1.41 bits per heavy atom. The van der Waals surface area contributed by atoms with Gasteiger partial charge in [0, 0.05) is 21.3 Å². The normalized spacial score (nSPS) is 14.6. The van der Waals surface area contributed by atoms with E-state index in [4.69, 9.17) is 46.1 Å². The smallest absolute Gasteiger partial charge is 0.222 e. The Morgan fingerprint density at radius 3 is 1.94 bits per heavy atom. The van der Waals surface area contributed by atoms with E-state index in [2.05, 4.69) is 20.0 Å². The number of nitrogen functional groups attached to an aromatic ring is 2. The Labute approximate surface area is 208 Å². The Bertz CT molecular complexity index is 1220. The molecule has 4 rings (SSSR count). The topological polar surface area (TPSA) is 158 Å². The van der Waals surface area contributed by atoms with Gasteiger partial charge in [0.25, 0.3) is 0 Å². The van der Waals surface area contributed by atoms with Crippen molar-refractivity contribution in [3.63, 3.8) is 0 Å². The highest BCUT2D eigenvalue weighted by Gasteiger charge is 2.32. The number of aryl methyl sites for hydroxylation is 1. The van der Waals surface area contributed by atoms with E-state index < -0.39 is 5.66 Å². The van der Waals surface area contributed by atoms with Crippen molar-refractivity contribution in [2.75, 3.05) is 16.4 Å². The fraction of sp³-hybridized carbons (Fsp3) is 0.217. The van der Waals surface area contributed by atoms with Gasteiger partial charge in [-0.15, -0.1) is 0 Å². The fourth-order valence-corrected chi connectivity index (χ4v) is 3.83. The summed E-state index contributed by atoms with van der Waals surface area (Å²) in [6, 6.07) is 14.7. The Balaban J connectivity index is 0.000000191. The van der Waals surface area contributed by atoms with Crippen molar-refractivity contribution in [2.24, 2.45) is 21.5 Å². The lowest BCUT2D eigenvalue weighted by Crippen LogP contribution is -2.54. The summed E-state index contributed by atoms with van der Waals surface area (Å²) in [6.45, 7) is 5.83. The predicted molar refractivity (Wildman–Crippen MR) is 142 cm³/mol. The molecule has 0 saturated carbocycles. The molecule has 34 heavy (non-hydrogen) atoms. The van der Waals surface area contributed by atoms with Gasteiger partial charge >= 0.3 is 0 Å². The monoisotopic (exact) mass is 499 g/mol. The summed E-state index contributed by atoms with van der Waals surface area (Å²) in [5.41, 5.74) is 25.9. The molecule has 2 heterocycles. The number of guanidine groups is 2. The molecular weight excluding hydrogens is 473 g/mol. The van der Waals surface area contributed by atoms with Gasteiger partial charge in [-0.05, 0) is 62.2 Å². The van der Waals surface area contributed by atoms with Crippen molar-refractivity contribution in [3.8, 4) is 11.1 Å². The van der Waals surface area contributed by atoms with Crippen LogP contribution in [-0.4, -0.2) is 27.5 Å². The molecule has 0 saturated heterocycles. The number of benzene rings is 2. The Hall–Kier alpha value is -3.56. The van der Waals surface area contributed by atoms with Gasteiger partial charge in [-0.2, -0.15) is 9.98 Å². The lowest BCUT2D eigenvalue weighted by atomic mass is 10.0. The van der Waals surface area contributed by atoms with Gasteiger partial charge < -0.3 is 22.9 Å². The van der Waals surface area contributed by atoms with E-state index in [1.165, 1.54) is 0 Å². The summed E-state index contributed by atoms with van der Waals surface area (Å²) in [4.78, 5) is 18.2. The van der Waals surface area contributed by atoms with Crippen LogP contribution in [0.15, 0.2) is 58.5 Å². The van der Waals surface area contributed by atoms with Gasteiger partial charge in [0.05, 0.1) is 5.69 Å². The molecule has 0 fully saturated rings. The molecule has 2 aromatic carbocycles. The van der Waals surface area contributed by atoms with E-state index in [9.17, 15) is 0 Å². The highest BCUT2D eigenvalue weighted by molar-refractivity contribution is 6.31. The summed E-state index contributed by atoms with van der Waals surface area (Å²) >= 11 is 11.7. The zero-order valence-corrected chi connectivity index (χ0v) is 20.6. The van der Waals surface area contributed by atoms with Crippen molar-refractivity contribution in [2.45, 2.75) is 32.9 Å². The van der Waals surface area contributed by atoms with Crippen molar-refractivity contribution < 1.29 is 0 Å². The maximum Gasteiger partial charge on any atom is 0.222 e. The van der Waals surface area contributed by atoms with Crippen LogP contribution in [0.25, 0.3) is 11.1 Å². The van der Waals surface area contributed by atoms with Gasteiger partial charge in [0.15, 0.2) is 0 Å². The molecule has 0 spiro atoms. The minimum absolute atomic E-state index is 0.192. The number of aliphatic imine (C=N–C) groups is 2. The number of hydrogen-bond acceptors (Lipinski definition) is 9. The van der Waals surface area contributed by atoms with Crippen LogP contribution in [0.2, 0.25) is 10.0 Å². The molecule has 9 nitrogen and oxygen atoms in total. The van der Waals surface area contributed by atoms with Crippen LogP contribution in [0.1, 0.15) is 26.5 Å². The Kier molecular flexibility index (Phi) is 7.48. The Morgan fingerprint density at radius 1 is 0.853 bits per heavy atom. The molecule has 3 aromatic rings. The number of nitrogens with zero attached hydrogens (tertiary/aromatic N) is 5. The number of rotatable bonds is 3. The molecule has 1 aliphatic heterocycles. The molecule has 1 aliphatic rings. The number of aromatic nitrogens is 2. The largest absolute Gasteiger partial charge is 0.383 e. The summed E-state index contributed by atoms with van der Waals surface area (Å²) in [5, 5.41) is 1.35. The second-order valence-corrected chi connectivity index (χ2v) is 8.77. The van der Waals surface area contributed by atoms with Crippen LogP contribution in [0.5, 0.6) is 0 Å². The van der Waals surface area contributed by atoms with Crippen LogP contribution >= 0.6 is 23.2 Å². The first-order valence-electron chi connectivity index (χ1n) is 10.4. The molecule has 0 bridgehead atoms. The van der Waals surface area contributed by atoms with E-state index in [0.717, 1.165) is 28.9 Å². The zero-order chi connectivity index (χ0) is 25.0. The van der Waals surface area contributed by atoms with Crippen LogP contribution < -0.4 is 27.8 Å². The third-order valence-electron chi connectivity index (χ3n) is 4.98. The van der Waals surface area contributed by atoms with Gasteiger partial charge in [0.2, 0.25) is 17.9 Å². The van der Waals surface area contributed by atoms with Crippen molar-refractivity contribution in [3.05, 3.63) is 64.3 Å². The van der Waals surface area contributed by atoms with Gasteiger partial charge in [-0.25, -0.2) is 9.98 Å². The molecule has 0 aliphatic carbocycles. The second kappa shape index (κ2) is 10.1. The second-order valence-electron chi connectivity index (χ2n) is 7.90. The molecule has 0 radical (unpaired) electrons. The third-order valence-corrected chi connectivity index (χ3v) is 5.48. The summed E-state index contributed by atoms with van der Waals surface area (Å²) < 4.78 is 0. The molecule has 178 valence electrons. The van der Waals surface area contributed by atoms with Crippen LogP contribution in [0.3, 0.4) is 0 Å². The van der Waals surface area contributed by atoms with E-state index in [1.54, 1.807) is 17.0 Å². The van der Waals surface area contributed by atoms with Gasteiger partial charge in [-0.1, -0.05) is 42.3 Å². The van der Waals surface area contributed by atoms with E-state index >= 15 is 0 Å². The molecule has 1 aromatic heterocycles. The lowest BCUT2D eigenvalue weighted by molar-refractivity contribution is 0.534. The third kappa shape index (κ3) is 5.67. The first-order chi connectivity index (χ1) is 16.0. The minimum Gasteiger partial charge on any atom is -0.383 e. The number of anilines is 3.